The standard InChI is InChI=1S/C45H29N3O/c1-2-14-33(15-3-1)48-42-20-9-8-18-39(42)40-29-35(26-28-43(40)48)47(45-46-41-27-23-31-12-5-7-17-38(31)44(41)49-45)34-24-21-32(22-25-34)37-19-10-13-30-11-4-6-16-36(30)37/h1-29H. The van der Waals surface area contributed by atoms with Crippen LogP contribution in [0.5, 0.6) is 0 Å². The fraction of sp³-hybridized carbons (Fsp3) is 0. The molecule has 0 bridgehead atoms. The van der Waals surface area contributed by atoms with E-state index in [1.807, 2.05) is 12.1 Å². The minimum Gasteiger partial charge on any atom is -0.422 e. The van der Waals surface area contributed by atoms with E-state index in [9.17, 15) is 0 Å². The van der Waals surface area contributed by atoms with Crippen molar-refractivity contribution in [1.82, 2.24) is 9.55 Å². The monoisotopic (exact) mass is 627 g/mol. The van der Waals surface area contributed by atoms with E-state index in [1.165, 1.54) is 27.2 Å². The molecule has 10 aromatic rings. The molecule has 0 amide bonds. The Balaban J connectivity index is 1.18. The van der Waals surface area contributed by atoms with E-state index < -0.39 is 0 Å². The molecule has 230 valence electrons. The van der Waals surface area contributed by atoms with Gasteiger partial charge in [0.05, 0.1) is 22.4 Å². The first-order valence-electron chi connectivity index (χ1n) is 16.6. The second-order valence-electron chi connectivity index (χ2n) is 12.4. The number of hydrogen-bond acceptors (Lipinski definition) is 3. The van der Waals surface area contributed by atoms with Crippen LogP contribution in [0.25, 0.3) is 71.3 Å². The molecule has 0 unspecified atom stereocenters. The molecule has 2 heterocycles. The summed E-state index contributed by atoms with van der Waals surface area (Å²) in [6, 6.07) is 62.6. The van der Waals surface area contributed by atoms with Gasteiger partial charge in [-0.05, 0) is 81.9 Å². The first-order valence-corrected chi connectivity index (χ1v) is 16.6. The van der Waals surface area contributed by atoms with Crippen LogP contribution in [0.2, 0.25) is 0 Å². The largest absolute Gasteiger partial charge is 0.422 e. The Morgan fingerprint density at radius 1 is 0.469 bits per heavy atom. The Labute approximate surface area is 282 Å². The summed E-state index contributed by atoms with van der Waals surface area (Å²) in [5, 5.41) is 6.99. The van der Waals surface area contributed by atoms with E-state index >= 15 is 0 Å². The van der Waals surface area contributed by atoms with Crippen molar-refractivity contribution in [3.8, 4) is 16.8 Å². The van der Waals surface area contributed by atoms with Gasteiger partial charge in [0, 0.05) is 21.8 Å². The summed E-state index contributed by atoms with van der Waals surface area (Å²) in [5.41, 5.74) is 9.35. The van der Waals surface area contributed by atoms with Gasteiger partial charge in [-0.2, -0.15) is 4.98 Å². The summed E-state index contributed by atoms with van der Waals surface area (Å²) in [7, 11) is 0. The zero-order valence-electron chi connectivity index (χ0n) is 26.5. The molecule has 8 aromatic carbocycles. The average molecular weight is 628 g/mol. The topological polar surface area (TPSA) is 34.2 Å². The minimum atomic E-state index is 0.524. The van der Waals surface area contributed by atoms with Crippen LogP contribution in [-0.4, -0.2) is 9.55 Å². The van der Waals surface area contributed by atoms with Crippen molar-refractivity contribution >= 4 is 71.8 Å². The zero-order valence-corrected chi connectivity index (χ0v) is 26.5. The van der Waals surface area contributed by atoms with Crippen LogP contribution < -0.4 is 4.90 Å². The third-order valence-corrected chi connectivity index (χ3v) is 9.61. The van der Waals surface area contributed by atoms with Gasteiger partial charge in [0.25, 0.3) is 0 Å². The van der Waals surface area contributed by atoms with Crippen molar-refractivity contribution in [3.63, 3.8) is 0 Å². The molecule has 0 radical (unpaired) electrons. The molecule has 0 atom stereocenters. The lowest BCUT2D eigenvalue weighted by Gasteiger charge is -2.22. The van der Waals surface area contributed by atoms with Crippen molar-refractivity contribution in [2.24, 2.45) is 0 Å². The lowest BCUT2D eigenvalue weighted by atomic mass is 9.98. The van der Waals surface area contributed by atoms with Crippen LogP contribution in [0.3, 0.4) is 0 Å². The number of aromatic nitrogens is 2. The van der Waals surface area contributed by atoms with Gasteiger partial charge in [-0.25, -0.2) is 0 Å². The maximum atomic E-state index is 6.71. The third-order valence-electron chi connectivity index (χ3n) is 9.61. The van der Waals surface area contributed by atoms with Gasteiger partial charge in [-0.3, -0.25) is 4.90 Å². The van der Waals surface area contributed by atoms with Crippen LogP contribution in [-0.2, 0) is 0 Å². The normalized spacial score (nSPS) is 11.7. The highest BCUT2D eigenvalue weighted by Crippen LogP contribution is 2.42. The fourth-order valence-electron chi connectivity index (χ4n) is 7.33. The summed E-state index contributed by atoms with van der Waals surface area (Å²) in [5.74, 6) is 0. The zero-order chi connectivity index (χ0) is 32.3. The molecule has 10 rings (SSSR count). The van der Waals surface area contributed by atoms with Gasteiger partial charge in [0.2, 0.25) is 0 Å². The second kappa shape index (κ2) is 11.0. The summed E-state index contributed by atoms with van der Waals surface area (Å²) < 4.78 is 9.05. The Bertz CT molecular complexity index is 2820. The predicted molar refractivity (Wildman–Crippen MR) is 203 cm³/mol. The highest BCUT2D eigenvalue weighted by atomic mass is 16.4. The van der Waals surface area contributed by atoms with Crippen LogP contribution in [0, 0.1) is 0 Å². The Morgan fingerprint density at radius 2 is 1.12 bits per heavy atom. The number of hydrogen-bond donors (Lipinski definition) is 0. The molecule has 0 aliphatic rings. The minimum absolute atomic E-state index is 0.524. The van der Waals surface area contributed by atoms with Gasteiger partial charge >= 0.3 is 6.01 Å². The molecule has 4 nitrogen and oxygen atoms in total. The van der Waals surface area contributed by atoms with Crippen molar-refractivity contribution in [2.75, 3.05) is 4.90 Å². The van der Waals surface area contributed by atoms with Crippen LogP contribution in [0.1, 0.15) is 0 Å². The molecule has 2 aromatic heterocycles. The van der Waals surface area contributed by atoms with E-state index in [0.29, 0.717) is 6.01 Å². The first-order chi connectivity index (χ1) is 24.3. The van der Waals surface area contributed by atoms with Crippen LogP contribution >= 0.6 is 0 Å². The summed E-state index contributed by atoms with van der Waals surface area (Å²) in [6.07, 6.45) is 0. The van der Waals surface area contributed by atoms with Crippen LogP contribution in [0.15, 0.2) is 180 Å². The molecule has 0 saturated carbocycles. The Morgan fingerprint density at radius 3 is 1.96 bits per heavy atom. The van der Waals surface area contributed by atoms with E-state index in [0.717, 1.165) is 55.4 Å². The van der Waals surface area contributed by atoms with Crippen LogP contribution in [0.4, 0.5) is 17.4 Å². The highest BCUT2D eigenvalue weighted by molar-refractivity contribution is 6.11. The van der Waals surface area contributed by atoms with Gasteiger partial charge in [0.1, 0.15) is 5.52 Å². The van der Waals surface area contributed by atoms with Crippen molar-refractivity contribution in [1.29, 1.82) is 0 Å². The molecule has 0 spiro atoms. The van der Waals surface area contributed by atoms with Gasteiger partial charge < -0.3 is 8.98 Å². The van der Waals surface area contributed by atoms with E-state index in [2.05, 4.69) is 173 Å². The first kappa shape index (κ1) is 27.5. The van der Waals surface area contributed by atoms with Crippen molar-refractivity contribution < 1.29 is 4.42 Å². The van der Waals surface area contributed by atoms with E-state index in [-0.39, 0.29) is 0 Å². The molecule has 0 aliphatic heterocycles. The predicted octanol–water partition coefficient (Wildman–Crippen LogP) is 12.4. The quantitative estimate of drug-likeness (QED) is 0.190. The van der Waals surface area contributed by atoms with E-state index in [4.69, 9.17) is 9.40 Å². The summed E-state index contributed by atoms with van der Waals surface area (Å²) in [4.78, 5) is 7.22. The number of para-hydroxylation sites is 2. The van der Waals surface area contributed by atoms with Gasteiger partial charge in [-0.15, -0.1) is 0 Å². The second-order valence-corrected chi connectivity index (χ2v) is 12.4. The van der Waals surface area contributed by atoms with Gasteiger partial charge in [-0.1, -0.05) is 121 Å². The SMILES string of the molecule is c1ccc(-n2c3ccccc3c3cc(N(c4ccc(-c5cccc6ccccc56)cc4)c4nc5ccc6ccccc6c5o4)ccc32)cc1. The molecule has 0 aliphatic carbocycles. The molecule has 0 fully saturated rings. The lowest BCUT2D eigenvalue weighted by Crippen LogP contribution is -2.10. The Hall–Kier alpha value is -6.65. The number of benzene rings is 8. The van der Waals surface area contributed by atoms with E-state index in [1.54, 1.807) is 0 Å². The lowest BCUT2D eigenvalue weighted by molar-refractivity contribution is 0.611. The molecule has 0 saturated heterocycles. The Kier molecular flexibility index (Phi) is 6.15. The summed E-state index contributed by atoms with van der Waals surface area (Å²) >= 11 is 0. The maximum Gasteiger partial charge on any atom is 0.307 e. The van der Waals surface area contributed by atoms with Crippen molar-refractivity contribution in [2.45, 2.75) is 0 Å². The average Bonchev–Trinajstić information content (AvgIpc) is 3.75. The highest BCUT2D eigenvalue weighted by Gasteiger charge is 2.22. The maximum absolute atomic E-state index is 6.71. The molecule has 4 heteroatoms. The number of nitrogens with zero attached hydrogens (tertiary/aromatic N) is 3. The van der Waals surface area contributed by atoms with Crippen molar-refractivity contribution in [3.05, 3.63) is 176 Å². The number of rotatable bonds is 5. The molecule has 49 heavy (non-hydrogen) atoms. The fourth-order valence-corrected chi connectivity index (χ4v) is 7.33. The van der Waals surface area contributed by atoms with Gasteiger partial charge in [0.15, 0.2) is 5.58 Å². The third kappa shape index (κ3) is 4.42. The molecular weight excluding hydrogens is 599 g/mol. The molecule has 0 N–H and O–H groups in total. The number of fused-ring (bicyclic) bond motifs is 7. The summed E-state index contributed by atoms with van der Waals surface area (Å²) in [6.45, 7) is 0. The molecular formula is C45H29N3O. The number of oxazole rings is 1. The smallest absolute Gasteiger partial charge is 0.307 e. The number of anilines is 3.